The summed E-state index contributed by atoms with van der Waals surface area (Å²) in [6.45, 7) is 2.02. The van der Waals surface area contributed by atoms with Crippen LogP contribution in [0.15, 0.2) is 33.3 Å². The number of nitrogens with zero attached hydrogens (tertiary/aromatic N) is 2. The van der Waals surface area contributed by atoms with E-state index in [0.717, 1.165) is 20.2 Å². The highest BCUT2D eigenvalue weighted by Crippen LogP contribution is 2.27. The summed E-state index contributed by atoms with van der Waals surface area (Å²) in [6.07, 6.45) is 1.64. The Morgan fingerprint density at radius 3 is 2.72 bits per heavy atom. The molecule has 1 aromatic carbocycles. The third-order valence-corrected chi connectivity index (χ3v) is 3.39. The molecule has 1 heterocycles. The van der Waals surface area contributed by atoms with E-state index in [0.29, 0.717) is 11.8 Å². The first kappa shape index (κ1) is 13.3. The molecule has 0 fully saturated rings. The summed E-state index contributed by atoms with van der Waals surface area (Å²) in [7, 11) is 0. The van der Waals surface area contributed by atoms with Crippen molar-refractivity contribution in [1.82, 2.24) is 9.97 Å². The minimum absolute atomic E-state index is 0.357. The maximum absolute atomic E-state index is 5.29. The Kier molecular flexibility index (Phi) is 4.15. The molecule has 0 aliphatic rings. The van der Waals surface area contributed by atoms with Crippen LogP contribution in [0.3, 0.4) is 0 Å². The van der Waals surface area contributed by atoms with Crippen molar-refractivity contribution >= 4 is 49.3 Å². The fraction of sp³-hybridized carbons (Fsp3) is 0.0909. The smallest absolute Gasteiger partial charge is 0.239 e. The molecular weight excluding hydrogens is 362 g/mol. The fourth-order valence-corrected chi connectivity index (χ4v) is 2.18. The molecule has 4 N–H and O–H groups in total. The van der Waals surface area contributed by atoms with Crippen LogP contribution in [-0.4, -0.2) is 9.97 Å². The zero-order valence-corrected chi connectivity index (χ0v) is 12.7. The lowest BCUT2D eigenvalue weighted by Gasteiger charge is -2.11. The van der Waals surface area contributed by atoms with Crippen LogP contribution >= 0.6 is 31.9 Å². The van der Waals surface area contributed by atoms with E-state index in [9.17, 15) is 0 Å². The van der Waals surface area contributed by atoms with Crippen LogP contribution in [0.5, 0.6) is 0 Å². The standard InChI is InChI=1S/C11H11Br2N5/c1-6-4-7(12)2-3-9(6)16-10-8(13)5-15-11(17-10)18-14/h2-5H,14H2,1H3,(H2,15,16,17,18). The molecule has 2 aromatic rings. The van der Waals surface area contributed by atoms with E-state index in [-0.39, 0.29) is 0 Å². The van der Waals surface area contributed by atoms with Gasteiger partial charge in [-0.1, -0.05) is 15.9 Å². The van der Waals surface area contributed by atoms with Crippen LogP contribution in [-0.2, 0) is 0 Å². The van der Waals surface area contributed by atoms with Crippen LogP contribution in [0.25, 0.3) is 0 Å². The average molecular weight is 373 g/mol. The van der Waals surface area contributed by atoms with Crippen LogP contribution in [0.1, 0.15) is 5.56 Å². The predicted molar refractivity (Wildman–Crippen MR) is 79.7 cm³/mol. The highest BCUT2D eigenvalue weighted by atomic mass is 79.9. The second kappa shape index (κ2) is 5.64. The van der Waals surface area contributed by atoms with Gasteiger partial charge in [0, 0.05) is 16.4 Å². The third-order valence-electron chi connectivity index (χ3n) is 2.31. The van der Waals surface area contributed by atoms with Gasteiger partial charge in [0.25, 0.3) is 0 Å². The van der Waals surface area contributed by atoms with E-state index >= 15 is 0 Å². The van der Waals surface area contributed by atoms with Gasteiger partial charge >= 0.3 is 0 Å². The van der Waals surface area contributed by atoms with Crippen LogP contribution in [0, 0.1) is 6.92 Å². The SMILES string of the molecule is Cc1cc(Br)ccc1Nc1nc(NN)ncc1Br. The van der Waals surface area contributed by atoms with E-state index in [1.807, 2.05) is 25.1 Å². The zero-order valence-electron chi connectivity index (χ0n) is 9.54. The van der Waals surface area contributed by atoms with Gasteiger partial charge in [0.05, 0.1) is 4.47 Å². The first-order chi connectivity index (χ1) is 8.60. The molecule has 0 amide bonds. The molecule has 7 heteroatoms. The number of aromatic nitrogens is 2. The highest BCUT2D eigenvalue weighted by molar-refractivity contribution is 9.10. The van der Waals surface area contributed by atoms with Gasteiger partial charge in [-0.15, -0.1) is 0 Å². The van der Waals surface area contributed by atoms with Crippen LogP contribution < -0.4 is 16.6 Å². The van der Waals surface area contributed by atoms with E-state index in [1.54, 1.807) is 6.20 Å². The molecule has 0 radical (unpaired) electrons. The van der Waals surface area contributed by atoms with Gasteiger partial charge in [0.2, 0.25) is 5.95 Å². The lowest BCUT2D eigenvalue weighted by Crippen LogP contribution is -2.11. The van der Waals surface area contributed by atoms with Crippen molar-refractivity contribution in [2.75, 3.05) is 10.7 Å². The summed E-state index contributed by atoms with van der Waals surface area (Å²) in [4.78, 5) is 8.23. The third kappa shape index (κ3) is 2.98. The van der Waals surface area contributed by atoms with Crippen molar-refractivity contribution in [3.63, 3.8) is 0 Å². The second-order valence-corrected chi connectivity index (χ2v) is 5.39. The first-order valence-corrected chi connectivity index (χ1v) is 6.71. The molecule has 0 bridgehead atoms. The second-order valence-electron chi connectivity index (χ2n) is 3.62. The van der Waals surface area contributed by atoms with Crippen LogP contribution in [0.4, 0.5) is 17.5 Å². The normalized spacial score (nSPS) is 10.2. The number of hydrazine groups is 1. The van der Waals surface area contributed by atoms with Crippen molar-refractivity contribution < 1.29 is 0 Å². The molecule has 5 nitrogen and oxygen atoms in total. The quantitative estimate of drug-likeness (QED) is 0.569. The topological polar surface area (TPSA) is 75.9 Å². The Morgan fingerprint density at radius 1 is 1.28 bits per heavy atom. The number of aryl methyl sites for hydroxylation is 1. The highest BCUT2D eigenvalue weighted by Gasteiger charge is 2.06. The van der Waals surface area contributed by atoms with Gasteiger partial charge in [0.15, 0.2) is 0 Å². The lowest BCUT2D eigenvalue weighted by molar-refractivity contribution is 1.11. The molecule has 0 saturated heterocycles. The number of halogens is 2. The predicted octanol–water partition coefficient (Wildman–Crippen LogP) is 3.34. The van der Waals surface area contributed by atoms with Gasteiger partial charge < -0.3 is 5.32 Å². The number of nitrogens with one attached hydrogen (secondary N) is 2. The van der Waals surface area contributed by atoms with E-state index in [4.69, 9.17) is 5.84 Å². The zero-order chi connectivity index (χ0) is 13.1. The summed E-state index contributed by atoms with van der Waals surface area (Å²) in [6, 6.07) is 5.97. The van der Waals surface area contributed by atoms with Gasteiger partial charge in [-0.25, -0.2) is 10.8 Å². The van der Waals surface area contributed by atoms with Crippen LogP contribution in [0.2, 0.25) is 0 Å². The molecular formula is C11H11Br2N5. The number of hydrogen-bond acceptors (Lipinski definition) is 5. The minimum atomic E-state index is 0.357. The van der Waals surface area contributed by atoms with Crippen molar-refractivity contribution in [2.45, 2.75) is 6.92 Å². The lowest BCUT2D eigenvalue weighted by atomic mass is 10.2. The maximum atomic E-state index is 5.29. The van der Waals surface area contributed by atoms with E-state index < -0.39 is 0 Å². The van der Waals surface area contributed by atoms with Crippen molar-refractivity contribution in [1.29, 1.82) is 0 Å². The number of anilines is 3. The average Bonchev–Trinajstić information content (AvgIpc) is 2.35. The van der Waals surface area contributed by atoms with Crippen molar-refractivity contribution in [2.24, 2.45) is 5.84 Å². The summed E-state index contributed by atoms with van der Waals surface area (Å²) in [5.74, 6) is 6.30. The van der Waals surface area contributed by atoms with Crippen molar-refractivity contribution in [3.05, 3.63) is 38.9 Å². The number of hydrogen-bond donors (Lipinski definition) is 3. The Bertz CT molecular complexity index is 573. The molecule has 0 aliphatic carbocycles. The van der Waals surface area contributed by atoms with Gasteiger partial charge in [-0.2, -0.15) is 4.98 Å². The molecule has 0 atom stereocenters. The molecule has 94 valence electrons. The van der Waals surface area contributed by atoms with Gasteiger partial charge in [-0.05, 0) is 46.6 Å². The summed E-state index contributed by atoms with van der Waals surface area (Å²) >= 11 is 6.82. The minimum Gasteiger partial charge on any atom is -0.339 e. The molecule has 0 unspecified atom stereocenters. The molecule has 0 saturated carbocycles. The Morgan fingerprint density at radius 2 is 2.06 bits per heavy atom. The monoisotopic (exact) mass is 371 g/mol. The number of nitrogen functional groups attached to an aromatic ring is 1. The number of rotatable bonds is 3. The fourth-order valence-electron chi connectivity index (χ4n) is 1.42. The van der Waals surface area contributed by atoms with Crippen molar-refractivity contribution in [3.8, 4) is 0 Å². The first-order valence-electron chi connectivity index (χ1n) is 5.12. The molecule has 0 spiro atoms. The molecule has 0 aliphatic heterocycles. The molecule has 18 heavy (non-hydrogen) atoms. The molecule has 1 aromatic heterocycles. The summed E-state index contributed by atoms with van der Waals surface area (Å²) < 4.78 is 1.81. The Balaban J connectivity index is 2.33. The van der Waals surface area contributed by atoms with E-state index in [1.165, 1.54) is 0 Å². The molecule has 2 rings (SSSR count). The van der Waals surface area contributed by atoms with E-state index in [2.05, 4.69) is 52.6 Å². The van der Waals surface area contributed by atoms with Gasteiger partial charge in [-0.3, -0.25) is 5.43 Å². The summed E-state index contributed by atoms with van der Waals surface area (Å²) in [5.41, 5.74) is 4.49. The number of nitrogens with two attached hydrogens (primary N) is 1. The Labute approximate surface area is 121 Å². The largest absolute Gasteiger partial charge is 0.339 e. The Hall–Kier alpha value is -1.18. The maximum Gasteiger partial charge on any atom is 0.239 e. The summed E-state index contributed by atoms with van der Waals surface area (Å²) in [5, 5.41) is 3.23. The van der Waals surface area contributed by atoms with Gasteiger partial charge in [0.1, 0.15) is 5.82 Å². The number of benzene rings is 1.